The number of amidine groups is 2. The van der Waals surface area contributed by atoms with Crippen molar-refractivity contribution in [2.75, 3.05) is 0 Å². The minimum absolute atomic E-state index is 0.0359. The standard InChI is InChI=1S/C22H21FN4S2/c23-20-16(12-28-18-8-4-14(5-9-18)21(24)25)2-1-3-17(20)13-29-19-10-6-15(7-11-19)22(26)27/h1-11H,12-13H2,(H3,24,25)(H3,26,27). The maximum Gasteiger partial charge on any atom is 0.131 e. The van der Waals surface area contributed by atoms with Crippen LogP contribution in [0.15, 0.2) is 76.5 Å². The normalized spacial score (nSPS) is 10.7. The summed E-state index contributed by atoms with van der Waals surface area (Å²) in [5.74, 6) is 0.949. The van der Waals surface area contributed by atoms with Crippen LogP contribution in [-0.4, -0.2) is 11.7 Å². The molecule has 0 aromatic heterocycles. The SMILES string of the molecule is N=C(N)c1ccc(SCc2cccc(CSc3ccc(C(=N)N)cc3)c2F)cc1. The van der Waals surface area contributed by atoms with Gasteiger partial charge in [-0.05, 0) is 35.4 Å². The Labute approximate surface area is 177 Å². The highest BCUT2D eigenvalue weighted by Crippen LogP contribution is 2.29. The summed E-state index contributed by atoms with van der Waals surface area (Å²) in [6.45, 7) is 0. The molecule has 6 N–H and O–H groups in total. The van der Waals surface area contributed by atoms with Gasteiger partial charge in [-0.15, -0.1) is 23.5 Å². The van der Waals surface area contributed by atoms with Crippen LogP contribution in [0.3, 0.4) is 0 Å². The molecule has 148 valence electrons. The zero-order valence-electron chi connectivity index (χ0n) is 15.6. The molecule has 7 heteroatoms. The quantitative estimate of drug-likeness (QED) is 0.233. The molecule has 3 rings (SSSR count). The van der Waals surface area contributed by atoms with Crippen LogP contribution >= 0.6 is 23.5 Å². The summed E-state index contributed by atoms with van der Waals surface area (Å²) in [7, 11) is 0. The summed E-state index contributed by atoms with van der Waals surface area (Å²) in [5.41, 5.74) is 13.6. The molecule has 3 aromatic rings. The summed E-state index contributed by atoms with van der Waals surface area (Å²) >= 11 is 3.09. The van der Waals surface area contributed by atoms with E-state index in [9.17, 15) is 4.39 Å². The Balaban J connectivity index is 1.62. The van der Waals surface area contributed by atoms with E-state index in [1.54, 1.807) is 47.8 Å². The van der Waals surface area contributed by atoms with Gasteiger partial charge in [0.25, 0.3) is 0 Å². The predicted molar refractivity (Wildman–Crippen MR) is 120 cm³/mol. The molecule has 0 radical (unpaired) electrons. The molecular formula is C22H21FN4S2. The monoisotopic (exact) mass is 424 g/mol. The number of nitrogens with two attached hydrogens (primary N) is 2. The summed E-state index contributed by atoms with van der Waals surface area (Å²) in [5, 5.41) is 14.9. The first-order valence-corrected chi connectivity index (χ1v) is 10.8. The number of thioether (sulfide) groups is 2. The van der Waals surface area contributed by atoms with Gasteiger partial charge in [0, 0.05) is 32.4 Å². The van der Waals surface area contributed by atoms with Crippen LogP contribution in [0.5, 0.6) is 0 Å². The van der Waals surface area contributed by atoms with Gasteiger partial charge in [0.2, 0.25) is 0 Å². The third-order valence-corrected chi connectivity index (χ3v) is 6.40. The van der Waals surface area contributed by atoms with Crippen molar-refractivity contribution in [1.82, 2.24) is 0 Å². The Kier molecular flexibility index (Phi) is 6.95. The van der Waals surface area contributed by atoms with Crippen LogP contribution in [0.4, 0.5) is 4.39 Å². The van der Waals surface area contributed by atoms with Crippen molar-refractivity contribution in [3.8, 4) is 0 Å². The lowest BCUT2D eigenvalue weighted by atomic mass is 10.1. The molecule has 0 amide bonds. The summed E-state index contributed by atoms with van der Waals surface area (Å²) < 4.78 is 14.9. The molecule has 0 aliphatic heterocycles. The molecule has 29 heavy (non-hydrogen) atoms. The highest BCUT2D eigenvalue weighted by molar-refractivity contribution is 7.98. The average molecular weight is 425 g/mol. The molecule has 4 nitrogen and oxygen atoms in total. The van der Waals surface area contributed by atoms with Gasteiger partial charge >= 0.3 is 0 Å². The summed E-state index contributed by atoms with van der Waals surface area (Å²) in [6, 6.07) is 20.3. The van der Waals surface area contributed by atoms with Gasteiger partial charge in [0.1, 0.15) is 17.5 Å². The molecule has 0 fully saturated rings. The highest BCUT2D eigenvalue weighted by Gasteiger charge is 2.10. The molecule has 0 bridgehead atoms. The molecule has 0 heterocycles. The molecule has 0 spiro atoms. The lowest BCUT2D eigenvalue weighted by molar-refractivity contribution is 0.607. The number of rotatable bonds is 8. The number of hydrogen-bond acceptors (Lipinski definition) is 4. The van der Waals surface area contributed by atoms with Crippen molar-refractivity contribution >= 4 is 35.2 Å². The van der Waals surface area contributed by atoms with Crippen molar-refractivity contribution in [1.29, 1.82) is 10.8 Å². The van der Waals surface area contributed by atoms with E-state index >= 15 is 0 Å². The number of nitrogen functional groups attached to an aromatic ring is 2. The Hall–Kier alpha value is -2.77. The van der Waals surface area contributed by atoms with Gasteiger partial charge < -0.3 is 11.5 Å². The Bertz CT molecular complexity index is 938. The Morgan fingerprint density at radius 2 is 1.07 bits per heavy atom. The van der Waals surface area contributed by atoms with E-state index in [1.807, 2.05) is 42.5 Å². The van der Waals surface area contributed by atoms with Crippen LogP contribution < -0.4 is 11.5 Å². The van der Waals surface area contributed by atoms with E-state index in [4.69, 9.17) is 22.3 Å². The van der Waals surface area contributed by atoms with E-state index in [0.29, 0.717) is 33.8 Å². The minimum Gasteiger partial charge on any atom is -0.384 e. The van der Waals surface area contributed by atoms with Crippen molar-refractivity contribution in [2.45, 2.75) is 21.3 Å². The molecule has 0 aliphatic carbocycles. The van der Waals surface area contributed by atoms with Gasteiger partial charge in [-0.25, -0.2) is 4.39 Å². The van der Waals surface area contributed by atoms with Crippen molar-refractivity contribution in [3.63, 3.8) is 0 Å². The zero-order chi connectivity index (χ0) is 20.8. The Morgan fingerprint density at radius 3 is 1.41 bits per heavy atom. The predicted octanol–water partition coefficient (Wildman–Crippen LogP) is 4.98. The topological polar surface area (TPSA) is 99.7 Å². The second-order valence-corrected chi connectivity index (χ2v) is 8.44. The molecular weight excluding hydrogens is 403 g/mol. The smallest absolute Gasteiger partial charge is 0.131 e. The first-order valence-electron chi connectivity index (χ1n) is 8.85. The zero-order valence-corrected chi connectivity index (χ0v) is 17.2. The summed E-state index contributed by atoms with van der Waals surface area (Å²) in [4.78, 5) is 2.00. The lowest BCUT2D eigenvalue weighted by Gasteiger charge is -2.09. The maximum atomic E-state index is 14.9. The first-order chi connectivity index (χ1) is 13.9. The van der Waals surface area contributed by atoms with Crippen LogP contribution in [-0.2, 0) is 11.5 Å². The van der Waals surface area contributed by atoms with Crippen LogP contribution in [0.25, 0.3) is 0 Å². The molecule has 0 saturated heterocycles. The van der Waals surface area contributed by atoms with Gasteiger partial charge in [-0.2, -0.15) is 0 Å². The van der Waals surface area contributed by atoms with E-state index in [-0.39, 0.29) is 17.5 Å². The largest absolute Gasteiger partial charge is 0.384 e. The minimum atomic E-state index is -0.173. The second-order valence-electron chi connectivity index (χ2n) is 6.34. The van der Waals surface area contributed by atoms with Crippen LogP contribution in [0, 0.1) is 16.6 Å². The average Bonchev–Trinajstić information content (AvgIpc) is 2.72. The number of hydrogen-bond donors (Lipinski definition) is 4. The fourth-order valence-corrected chi connectivity index (χ4v) is 4.39. The fraction of sp³-hybridized carbons (Fsp3) is 0.0909. The first kappa shape index (κ1) is 21.0. The van der Waals surface area contributed by atoms with E-state index < -0.39 is 0 Å². The van der Waals surface area contributed by atoms with Crippen molar-refractivity contribution < 1.29 is 4.39 Å². The second kappa shape index (κ2) is 9.62. The third-order valence-electron chi connectivity index (χ3n) is 4.28. The van der Waals surface area contributed by atoms with E-state index in [1.165, 1.54) is 0 Å². The molecule has 0 saturated carbocycles. The maximum absolute atomic E-state index is 14.9. The molecule has 0 atom stereocenters. The van der Waals surface area contributed by atoms with Crippen molar-refractivity contribution in [3.05, 3.63) is 94.8 Å². The number of nitrogens with one attached hydrogen (secondary N) is 2. The molecule has 0 unspecified atom stereocenters. The van der Waals surface area contributed by atoms with Gasteiger partial charge in [0.05, 0.1) is 0 Å². The van der Waals surface area contributed by atoms with Gasteiger partial charge in [0.15, 0.2) is 0 Å². The van der Waals surface area contributed by atoms with Crippen molar-refractivity contribution in [2.24, 2.45) is 11.5 Å². The van der Waals surface area contributed by atoms with Crippen LogP contribution in [0.1, 0.15) is 22.3 Å². The Morgan fingerprint density at radius 1 is 0.690 bits per heavy atom. The molecule has 3 aromatic carbocycles. The lowest BCUT2D eigenvalue weighted by Crippen LogP contribution is -2.10. The van der Waals surface area contributed by atoms with Gasteiger partial charge in [-0.1, -0.05) is 42.5 Å². The third kappa shape index (κ3) is 5.62. The molecule has 0 aliphatic rings. The van der Waals surface area contributed by atoms with Gasteiger partial charge in [-0.3, -0.25) is 10.8 Å². The van der Waals surface area contributed by atoms with E-state index in [2.05, 4.69) is 0 Å². The number of benzene rings is 3. The fourth-order valence-electron chi connectivity index (χ4n) is 2.64. The number of halogens is 1. The highest BCUT2D eigenvalue weighted by atomic mass is 32.2. The summed E-state index contributed by atoms with van der Waals surface area (Å²) in [6.07, 6.45) is 0. The van der Waals surface area contributed by atoms with Crippen LogP contribution in [0.2, 0.25) is 0 Å². The van der Waals surface area contributed by atoms with E-state index in [0.717, 1.165) is 9.79 Å².